The fourth-order valence-electron chi connectivity index (χ4n) is 18.4. The molecule has 2 nitrogen and oxygen atoms in total. The number of para-hydroxylation sites is 2. The highest BCUT2D eigenvalue weighted by molar-refractivity contribution is 6.36. The molecule has 21 aromatic carbocycles. The van der Waals surface area contributed by atoms with Gasteiger partial charge in [0.2, 0.25) is 0 Å². The van der Waals surface area contributed by atoms with Gasteiger partial charge in [-0.3, -0.25) is 0 Å². The largest absolute Gasteiger partial charge is 0.456 e. The third-order valence-electron chi connectivity index (χ3n) is 22.7. The third kappa shape index (κ3) is 7.83. The maximum absolute atomic E-state index is 6.38. The van der Waals surface area contributed by atoms with Crippen molar-refractivity contribution in [2.45, 2.75) is 0 Å². The minimum atomic E-state index is 0.910. The Kier molecular flexibility index (Phi) is 11.5. The molecule has 2 heterocycles. The lowest BCUT2D eigenvalue weighted by Gasteiger charge is -2.21. The predicted molar refractivity (Wildman–Crippen MR) is 436 cm³/mol. The minimum absolute atomic E-state index is 0.910. The Morgan fingerprint density at radius 2 is 0.471 bits per heavy atom. The molecule has 0 amide bonds. The van der Waals surface area contributed by atoms with Gasteiger partial charge in [0.1, 0.15) is 22.3 Å². The molecular weight excluding hydrogens is 1230 g/mol. The van der Waals surface area contributed by atoms with Crippen LogP contribution in [-0.4, -0.2) is 0 Å². The van der Waals surface area contributed by atoms with Gasteiger partial charge in [-0.05, 0) is 256 Å². The second-order valence-electron chi connectivity index (χ2n) is 27.9. The number of rotatable bonds is 5. The van der Waals surface area contributed by atoms with Crippen molar-refractivity contribution in [3.63, 3.8) is 0 Å². The van der Waals surface area contributed by atoms with E-state index in [0.717, 1.165) is 43.9 Å². The Labute approximate surface area is 584 Å². The highest BCUT2D eigenvalue weighted by atomic mass is 16.3. The molecule has 0 radical (unpaired) electrons. The monoisotopic (exact) mass is 1290 g/mol. The van der Waals surface area contributed by atoms with Crippen molar-refractivity contribution in [1.29, 1.82) is 0 Å². The van der Waals surface area contributed by atoms with Crippen LogP contribution in [0.3, 0.4) is 0 Å². The first-order chi connectivity index (χ1) is 50.6. The summed E-state index contributed by atoms with van der Waals surface area (Å²) in [5.74, 6) is 0. The van der Waals surface area contributed by atoms with E-state index >= 15 is 0 Å². The zero-order valence-electron chi connectivity index (χ0n) is 55.1. The molecule has 0 aliphatic carbocycles. The van der Waals surface area contributed by atoms with Crippen LogP contribution in [-0.2, 0) is 0 Å². The van der Waals surface area contributed by atoms with E-state index in [1.807, 2.05) is 12.1 Å². The summed E-state index contributed by atoms with van der Waals surface area (Å²) in [6.07, 6.45) is 0. The molecule has 0 saturated carbocycles. The van der Waals surface area contributed by atoms with Crippen molar-refractivity contribution in [3.05, 3.63) is 340 Å². The van der Waals surface area contributed by atoms with Gasteiger partial charge >= 0.3 is 0 Å². The van der Waals surface area contributed by atoms with Crippen LogP contribution in [0, 0.1) is 0 Å². The zero-order chi connectivity index (χ0) is 66.4. The highest BCUT2D eigenvalue weighted by Crippen LogP contribution is 2.53. The quantitative estimate of drug-likeness (QED) is 0.127. The van der Waals surface area contributed by atoms with Gasteiger partial charge in [-0.25, -0.2) is 0 Å². The van der Waals surface area contributed by atoms with Gasteiger partial charge in [-0.1, -0.05) is 279 Å². The van der Waals surface area contributed by atoms with E-state index in [-0.39, 0.29) is 0 Å². The van der Waals surface area contributed by atoms with Crippen molar-refractivity contribution in [2.75, 3.05) is 0 Å². The van der Waals surface area contributed by atoms with Gasteiger partial charge in [0.25, 0.3) is 0 Å². The lowest BCUT2D eigenvalue weighted by Crippen LogP contribution is -1.94. The molecule has 0 bridgehead atoms. The Bertz CT molecular complexity index is 7580. The zero-order valence-corrected chi connectivity index (χ0v) is 55.1. The molecule has 102 heavy (non-hydrogen) atoms. The summed E-state index contributed by atoms with van der Waals surface area (Å²) in [5.41, 5.74) is 15.8. The molecule has 0 saturated heterocycles. The van der Waals surface area contributed by atoms with Crippen molar-refractivity contribution < 1.29 is 8.83 Å². The Hall–Kier alpha value is -13.4. The van der Waals surface area contributed by atoms with Gasteiger partial charge in [-0.15, -0.1) is 0 Å². The molecule has 0 spiro atoms. The lowest BCUT2D eigenvalue weighted by molar-refractivity contribution is 0.669. The van der Waals surface area contributed by atoms with E-state index in [4.69, 9.17) is 8.83 Å². The van der Waals surface area contributed by atoms with Crippen LogP contribution < -0.4 is 0 Å². The highest BCUT2D eigenvalue weighted by Gasteiger charge is 2.25. The lowest BCUT2D eigenvalue weighted by atomic mass is 9.82. The number of hydrogen-bond donors (Lipinski definition) is 0. The van der Waals surface area contributed by atoms with Crippen LogP contribution in [0.15, 0.2) is 349 Å². The third-order valence-corrected chi connectivity index (χ3v) is 22.7. The first-order valence-corrected chi connectivity index (χ1v) is 35.4. The maximum atomic E-state index is 6.38. The average molecular weight is 1290 g/mol. The fraction of sp³-hybridized carbons (Fsp3) is 0. The first kappa shape index (κ1) is 55.6. The van der Waals surface area contributed by atoms with Gasteiger partial charge in [0.05, 0.1) is 0 Å². The number of hydrogen-bond acceptors (Lipinski definition) is 2. The molecule has 468 valence electrons. The molecule has 23 aromatic rings. The van der Waals surface area contributed by atoms with Gasteiger partial charge in [0, 0.05) is 21.5 Å². The van der Waals surface area contributed by atoms with Crippen LogP contribution in [0.1, 0.15) is 0 Å². The molecule has 0 atom stereocenters. The topological polar surface area (TPSA) is 26.3 Å². The second kappa shape index (κ2) is 21.1. The summed E-state index contributed by atoms with van der Waals surface area (Å²) in [5, 5.41) is 36.5. The average Bonchev–Trinajstić information content (AvgIpc) is 0.895. The molecule has 0 aliphatic heterocycles. The van der Waals surface area contributed by atoms with Gasteiger partial charge in [-0.2, -0.15) is 0 Å². The van der Waals surface area contributed by atoms with Crippen LogP contribution in [0.5, 0.6) is 0 Å². The van der Waals surface area contributed by atoms with E-state index < -0.39 is 0 Å². The standard InChI is InChI=1S/C100H56O2/c1-2-20-65-57(19-1)37-38-64-55-86(97-78-29-11-7-25-74(78)94(75-26-8-12-30-79(75)97)62-41-45-66-60(51-62)43-49-91-99(66)82-33-15-17-35-89(82)101-91)71-48-40-59(54-85(71)93(64)65)58-39-47-70-68-21-3-5-23-72(68)96-73-24-6-4-22-69(73)87(56-88(96)84(70)53-58)98-80-31-13-9-27-76(80)95(77-28-10-14-32-81(77)98)63-42-46-67-61(52-63)44-50-92-100(67)83-34-16-18-36-90(83)102-92/h1-56H. The first-order valence-electron chi connectivity index (χ1n) is 35.4. The molecule has 0 N–H and O–H groups in total. The SMILES string of the molecule is c1ccc2c(c1)ccc1cc(-c3c4ccccc4c(-c4ccc5c(ccc6oc7ccccc7c65)c4)c4ccccc34)c3ccc(-c4ccc5c6ccccc6c6c7ccccc7c(-c7c8ccccc8c(-c8ccc9c(ccc%10oc%11ccccc%11c%109)c8)c8ccccc78)cc6c5c4)cc3c12. The molecule has 0 aliphatic rings. The van der Waals surface area contributed by atoms with Crippen molar-refractivity contribution >= 4 is 184 Å². The molecular formula is C100H56O2. The number of fused-ring (bicyclic) bond motifs is 27. The molecule has 2 heteroatoms. The van der Waals surface area contributed by atoms with Gasteiger partial charge < -0.3 is 8.83 Å². The summed E-state index contributed by atoms with van der Waals surface area (Å²) in [6.45, 7) is 0. The van der Waals surface area contributed by atoms with E-state index in [1.165, 1.54) is 196 Å². The molecule has 23 rings (SSSR count). The number of benzene rings is 21. The van der Waals surface area contributed by atoms with E-state index in [9.17, 15) is 0 Å². The van der Waals surface area contributed by atoms with E-state index in [0.29, 0.717) is 0 Å². The number of furan rings is 2. The van der Waals surface area contributed by atoms with Crippen LogP contribution in [0.25, 0.3) is 240 Å². The summed E-state index contributed by atoms with van der Waals surface area (Å²) >= 11 is 0. The Morgan fingerprint density at radius 3 is 1.00 bits per heavy atom. The van der Waals surface area contributed by atoms with Crippen LogP contribution in [0.2, 0.25) is 0 Å². The van der Waals surface area contributed by atoms with Gasteiger partial charge in [0.15, 0.2) is 0 Å². The Morgan fingerprint density at radius 1 is 0.137 bits per heavy atom. The normalized spacial score (nSPS) is 12.3. The van der Waals surface area contributed by atoms with Crippen LogP contribution in [0.4, 0.5) is 0 Å². The summed E-state index contributed by atoms with van der Waals surface area (Å²) in [4.78, 5) is 0. The smallest absolute Gasteiger partial charge is 0.136 e. The fourth-order valence-corrected chi connectivity index (χ4v) is 18.4. The van der Waals surface area contributed by atoms with E-state index in [2.05, 4.69) is 328 Å². The van der Waals surface area contributed by atoms with E-state index in [1.54, 1.807) is 0 Å². The maximum Gasteiger partial charge on any atom is 0.136 e. The predicted octanol–water partition coefficient (Wildman–Crippen LogP) is 28.8. The summed E-state index contributed by atoms with van der Waals surface area (Å²) < 4.78 is 12.7. The van der Waals surface area contributed by atoms with Crippen LogP contribution >= 0.6 is 0 Å². The van der Waals surface area contributed by atoms with Crippen molar-refractivity contribution in [2.24, 2.45) is 0 Å². The van der Waals surface area contributed by atoms with Crippen molar-refractivity contribution in [1.82, 2.24) is 0 Å². The summed E-state index contributed by atoms with van der Waals surface area (Å²) in [7, 11) is 0. The molecule has 2 aromatic heterocycles. The second-order valence-corrected chi connectivity index (χ2v) is 27.9. The Balaban J connectivity index is 0.741. The summed E-state index contributed by atoms with van der Waals surface area (Å²) in [6, 6.07) is 127. The minimum Gasteiger partial charge on any atom is -0.456 e. The molecule has 0 unspecified atom stereocenters. The van der Waals surface area contributed by atoms with Crippen molar-refractivity contribution in [3.8, 4) is 55.6 Å². The molecule has 0 fully saturated rings.